The summed E-state index contributed by atoms with van der Waals surface area (Å²) in [4.78, 5) is 14.4. The van der Waals surface area contributed by atoms with Crippen LogP contribution in [0.3, 0.4) is 0 Å². The van der Waals surface area contributed by atoms with Crippen molar-refractivity contribution in [1.82, 2.24) is 4.90 Å². The molecule has 0 aromatic carbocycles. The summed E-state index contributed by atoms with van der Waals surface area (Å²) in [5, 5.41) is 0. The summed E-state index contributed by atoms with van der Waals surface area (Å²) in [5.74, 6) is 0.896. The van der Waals surface area contributed by atoms with Crippen molar-refractivity contribution < 1.29 is 4.79 Å². The standard InChI is InChI=1S/C13H21NO/c1-13(2)7-10-5-6-11(8-13)14(10)12(15)9-3-4-9/h9-11H,3-8H2,1-2H3. The fraction of sp³-hybridized carbons (Fsp3) is 0.923. The first-order valence-electron chi connectivity index (χ1n) is 6.39. The Bertz CT molecular complexity index is 277. The second-order valence-electron chi connectivity index (χ2n) is 6.48. The molecule has 0 spiro atoms. The third kappa shape index (κ3) is 1.58. The first kappa shape index (κ1) is 9.68. The second kappa shape index (κ2) is 2.99. The van der Waals surface area contributed by atoms with Crippen LogP contribution in [-0.2, 0) is 4.79 Å². The van der Waals surface area contributed by atoms with Gasteiger partial charge in [0.25, 0.3) is 0 Å². The van der Waals surface area contributed by atoms with E-state index in [0.29, 0.717) is 29.3 Å². The molecule has 1 amide bonds. The van der Waals surface area contributed by atoms with Crippen LogP contribution in [0.1, 0.15) is 52.4 Å². The second-order valence-corrected chi connectivity index (χ2v) is 6.48. The van der Waals surface area contributed by atoms with E-state index in [0.717, 1.165) is 12.8 Å². The number of hydrogen-bond donors (Lipinski definition) is 0. The smallest absolute Gasteiger partial charge is 0.226 e. The molecule has 0 N–H and O–H groups in total. The Balaban J connectivity index is 1.79. The van der Waals surface area contributed by atoms with Crippen LogP contribution in [0.15, 0.2) is 0 Å². The van der Waals surface area contributed by atoms with Crippen LogP contribution in [-0.4, -0.2) is 22.9 Å². The molecule has 0 radical (unpaired) electrons. The Labute approximate surface area is 92.0 Å². The molecule has 2 bridgehead atoms. The van der Waals surface area contributed by atoms with Gasteiger partial charge in [0.15, 0.2) is 0 Å². The lowest BCUT2D eigenvalue weighted by molar-refractivity contribution is -0.138. The van der Waals surface area contributed by atoms with Gasteiger partial charge in [0.2, 0.25) is 5.91 Å². The molecule has 2 aliphatic heterocycles. The highest BCUT2D eigenvalue weighted by Gasteiger charge is 2.48. The third-order valence-electron chi connectivity index (χ3n) is 4.38. The van der Waals surface area contributed by atoms with Crippen molar-refractivity contribution in [1.29, 1.82) is 0 Å². The average Bonchev–Trinajstić information content (AvgIpc) is 2.91. The Morgan fingerprint density at radius 2 is 1.60 bits per heavy atom. The molecule has 3 rings (SSSR count). The van der Waals surface area contributed by atoms with Crippen molar-refractivity contribution in [2.24, 2.45) is 11.3 Å². The fourth-order valence-corrected chi connectivity index (χ4v) is 3.62. The molecule has 1 saturated carbocycles. The third-order valence-corrected chi connectivity index (χ3v) is 4.38. The van der Waals surface area contributed by atoms with Crippen LogP contribution in [0, 0.1) is 11.3 Å². The van der Waals surface area contributed by atoms with E-state index in [-0.39, 0.29) is 0 Å². The van der Waals surface area contributed by atoms with E-state index < -0.39 is 0 Å². The summed E-state index contributed by atoms with van der Waals surface area (Å²) < 4.78 is 0. The lowest BCUT2D eigenvalue weighted by atomic mass is 9.78. The molecule has 2 unspecified atom stereocenters. The number of fused-ring (bicyclic) bond motifs is 2. The summed E-state index contributed by atoms with van der Waals surface area (Å²) in [6.45, 7) is 4.72. The highest BCUT2D eigenvalue weighted by atomic mass is 16.2. The van der Waals surface area contributed by atoms with E-state index in [1.54, 1.807) is 0 Å². The minimum atomic E-state index is 0.411. The van der Waals surface area contributed by atoms with Gasteiger partial charge in [-0.25, -0.2) is 0 Å². The van der Waals surface area contributed by atoms with Crippen LogP contribution < -0.4 is 0 Å². The van der Waals surface area contributed by atoms with Gasteiger partial charge in [-0.1, -0.05) is 13.8 Å². The molecular weight excluding hydrogens is 186 g/mol. The van der Waals surface area contributed by atoms with Crippen molar-refractivity contribution >= 4 is 5.91 Å². The minimum absolute atomic E-state index is 0.411. The number of hydrogen-bond acceptors (Lipinski definition) is 1. The first-order valence-corrected chi connectivity index (χ1v) is 6.39. The van der Waals surface area contributed by atoms with Crippen molar-refractivity contribution in [2.45, 2.75) is 64.5 Å². The summed E-state index contributed by atoms with van der Waals surface area (Å²) in [6, 6.07) is 1.15. The van der Waals surface area contributed by atoms with Gasteiger partial charge in [-0.2, -0.15) is 0 Å². The lowest BCUT2D eigenvalue weighted by Gasteiger charge is -2.43. The molecule has 3 aliphatic rings. The van der Waals surface area contributed by atoms with Crippen molar-refractivity contribution in [2.75, 3.05) is 0 Å². The van der Waals surface area contributed by atoms with Crippen LogP contribution in [0.2, 0.25) is 0 Å². The lowest BCUT2D eigenvalue weighted by Crippen LogP contribution is -2.49. The Kier molecular flexibility index (Phi) is 1.93. The summed E-state index contributed by atoms with van der Waals surface area (Å²) in [7, 11) is 0. The number of carbonyl (C=O) groups is 1. The van der Waals surface area contributed by atoms with Crippen LogP contribution in [0.5, 0.6) is 0 Å². The van der Waals surface area contributed by atoms with Gasteiger partial charge >= 0.3 is 0 Å². The molecule has 2 nitrogen and oxygen atoms in total. The van der Waals surface area contributed by atoms with E-state index in [2.05, 4.69) is 18.7 Å². The molecule has 2 heterocycles. The van der Waals surface area contributed by atoms with E-state index >= 15 is 0 Å². The Hall–Kier alpha value is -0.530. The average molecular weight is 207 g/mol. The van der Waals surface area contributed by atoms with Crippen LogP contribution in [0.4, 0.5) is 0 Å². The number of amides is 1. The van der Waals surface area contributed by atoms with Gasteiger partial charge in [-0.15, -0.1) is 0 Å². The number of piperidine rings is 1. The van der Waals surface area contributed by atoms with E-state index in [1.165, 1.54) is 25.7 Å². The van der Waals surface area contributed by atoms with E-state index in [9.17, 15) is 4.79 Å². The summed E-state index contributed by atoms with van der Waals surface area (Å²) >= 11 is 0. The van der Waals surface area contributed by atoms with Crippen LogP contribution >= 0.6 is 0 Å². The molecule has 0 aromatic rings. The van der Waals surface area contributed by atoms with Gasteiger partial charge in [-0.05, 0) is 43.9 Å². The largest absolute Gasteiger partial charge is 0.336 e. The number of nitrogens with zero attached hydrogens (tertiary/aromatic N) is 1. The summed E-state index contributed by atoms with van der Waals surface area (Å²) in [6.07, 6.45) is 7.26. The van der Waals surface area contributed by atoms with Gasteiger partial charge in [0, 0.05) is 18.0 Å². The maximum Gasteiger partial charge on any atom is 0.226 e. The van der Waals surface area contributed by atoms with Gasteiger partial charge < -0.3 is 4.90 Å². The molecular formula is C13H21NO. The molecule has 2 atom stereocenters. The predicted octanol–water partition coefficient (Wildman–Crippen LogP) is 2.58. The highest BCUT2D eigenvalue weighted by Crippen LogP contribution is 2.47. The quantitative estimate of drug-likeness (QED) is 0.647. The zero-order valence-electron chi connectivity index (χ0n) is 9.83. The minimum Gasteiger partial charge on any atom is -0.336 e. The van der Waals surface area contributed by atoms with E-state index in [1.807, 2.05) is 0 Å². The maximum atomic E-state index is 12.2. The fourth-order valence-electron chi connectivity index (χ4n) is 3.62. The Morgan fingerprint density at radius 1 is 1.07 bits per heavy atom. The zero-order chi connectivity index (χ0) is 10.6. The highest BCUT2D eigenvalue weighted by molar-refractivity contribution is 5.82. The molecule has 0 aromatic heterocycles. The number of carbonyl (C=O) groups excluding carboxylic acids is 1. The SMILES string of the molecule is CC1(C)CC2CCC(C1)N2C(=O)C1CC1. The summed E-state index contributed by atoms with van der Waals surface area (Å²) in [5.41, 5.74) is 0.464. The molecule has 1 aliphatic carbocycles. The molecule has 15 heavy (non-hydrogen) atoms. The predicted molar refractivity (Wildman–Crippen MR) is 59.4 cm³/mol. The first-order chi connectivity index (χ1) is 7.07. The van der Waals surface area contributed by atoms with Gasteiger partial charge in [0.1, 0.15) is 0 Å². The molecule has 2 heteroatoms. The molecule has 3 fully saturated rings. The monoisotopic (exact) mass is 207 g/mol. The van der Waals surface area contributed by atoms with Crippen LogP contribution in [0.25, 0.3) is 0 Å². The zero-order valence-corrected chi connectivity index (χ0v) is 9.83. The van der Waals surface area contributed by atoms with Crippen molar-refractivity contribution in [3.63, 3.8) is 0 Å². The Morgan fingerprint density at radius 3 is 2.07 bits per heavy atom. The van der Waals surface area contributed by atoms with Gasteiger partial charge in [-0.3, -0.25) is 4.79 Å². The number of rotatable bonds is 1. The topological polar surface area (TPSA) is 20.3 Å². The maximum absolute atomic E-state index is 12.2. The molecule has 2 saturated heterocycles. The van der Waals surface area contributed by atoms with Gasteiger partial charge in [0.05, 0.1) is 0 Å². The van der Waals surface area contributed by atoms with Crippen molar-refractivity contribution in [3.8, 4) is 0 Å². The normalized spacial score (nSPS) is 38.1. The van der Waals surface area contributed by atoms with Crippen molar-refractivity contribution in [3.05, 3.63) is 0 Å². The molecule has 84 valence electrons. The van der Waals surface area contributed by atoms with E-state index in [4.69, 9.17) is 0 Å².